The Hall–Kier alpha value is -2.24. The van der Waals surface area contributed by atoms with Crippen molar-refractivity contribution in [2.24, 2.45) is 0 Å². The molecule has 0 spiro atoms. The van der Waals surface area contributed by atoms with Crippen molar-refractivity contribution in [3.63, 3.8) is 0 Å². The van der Waals surface area contributed by atoms with Crippen LogP contribution < -0.4 is 10.9 Å². The summed E-state index contributed by atoms with van der Waals surface area (Å²) in [5.41, 5.74) is 1.79. The van der Waals surface area contributed by atoms with E-state index in [1.54, 1.807) is 42.0 Å². The maximum atomic E-state index is 13.1. The molecule has 3 rings (SSSR count). The maximum absolute atomic E-state index is 13.1. The van der Waals surface area contributed by atoms with Crippen LogP contribution in [0.1, 0.15) is 37.3 Å². The predicted octanol–water partition coefficient (Wildman–Crippen LogP) is 4.48. The zero-order chi connectivity index (χ0) is 19.0. The van der Waals surface area contributed by atoms with Gasteiger partial charge in [0.05, 0.1) is 27.1 Å². The van der Waals surface area contributed by atoms with E-state index in [2.05, 4.69) is 5.32 Å². The van der Waals surface area contributed by atoms with Gasteiger partial charge in [0.1, 0.15) is 0 Å². The molecule has 1 aliphatic rings. The standard InChI is InChI=1S/C19H18Cl2N2O3/c1-3-8-23-9-7-13-16(18(23)24)15(14(19(25)26)10(2)22-13)11-5-4-6-12(20)17(11)21/h4-7,9,15,22H,3,8H2,1-2H3,(H,25,26). The van der Waals surface area contributed by atoms with E-state index in [0.717, 1.165) is 6.42 Å². The summed E-state index contributed by atoms with van der Waals surface area (Å²) in [7, 11) is 0. The molecular weight excluding hydrogens is 375 g/mol. The van der Waals surface area contributed by atoms with Crippen LogP contribution >= 0.6 is 23.2 Å². The number of aryl methyl sites for hydroxylation is 1. The van der Waals surface area contributed by atoms with Crippen molar-refractivity contribution < 1.29 is 9.90 Å². The molecule has 0 saturated carbocycles. The van der Waals surface area contributed by atoms with Gasteiger partial charge >= 0.3 is 5.97 Å². The minimum Gasteiger partial charge on any atom is -0.478 e. The highest BCUT2D eigenvalue weighted by molar-refractivity contribution is 6.42. The van der Waals surface area contributed by atoms with Crippen LogP contribution in [0.15, 0.2) is 46.5 Å². The number of rotatable bonds is 4. The van der Waals surface area contributed by atoms with E-state index >= 15 is 0 Å². The second-order valence-corrected chi connectivity index (χ2v) is 6.97. The molecule has 1 aliphatic heterocycles. The lowest BCUT2D eigenvalue weighted by molar-refractivity contribution is -0.133. The average molecular weight is 393 g/mol. The van der Waals surface area contributed by atoms with Gasteiger partial charge in [-0.25, -0.2) is 4.79 Å². The summed E-state index contributed by atoms with van der Waals surface area (Å²) in [5, 5.41) is 13.4. The molecule has 1 aromatic carbocycles. The number of carboxylic acid groups (broad SMARTS) is 1. The van der Waals surface area contributed by atoms with Gasteiger partial charge in [-0.05, 0) is 31.0 Å². The predicted molar refractivity (Wildman–Crippen MR) is 103 cm³/mol. The topological polar surface area (TPSA) is 71.3 Å². The summed E-state index contributed by atoms with van der Waals surface area (Å²) < 4.78 is 1.59. The third-order valence-electron chi connectivity index (χ3n) is 4.49. The molecule has 5 nitrogen and oxygen atoms in total. The van der Waals surface area contributed by atoms with E-state index in [9.17, 15) is 14.7 Å². The van der Waals surface area contributed by atoms with E-state index in [1.165, 1.54) is 0 Å². The Morgan fingerprint density at radius 2 is 2.04 bits per heavy atom. The molecule has 1 atom stereocenters. The second-order valence-electron chi connectivity index (χ2n) is 6.19. The quantitative estimate of drug-likeness (QED) is 0.804. The Morgan fingerprint density at radius 3 is 2.69 bits per heavy atom. The number of carboxylic acids is 1. The zero-order valence-electron chi connectivity index (χ0n) is 14.3. The van der Waals surface area contributed by atoms with E-state index in [-0.39, 0.29) is 16.2 Å². The number of carbonyl (C=O) groups is 1. The molecule has 26 heavy (non-hydrogen) atoms. The van der Waals surface area contributed by atoms with Gasteiger partial charge in [0.15, 0.2) is 0 Å². The van der Waals surface area contributed by atoms with Crippen LogP contribution in [-0.4, -0.2) is 15.6 Å². The van der Waals surface area contributed by atoms with Crippen LogP contribution in [0.2, 0.25) is 10.0 Å². The van der Waals surface area contributed by atoms with E-state index in [4.69, 9.17) is 23.2 Å². The number of aromatic nitrogens is 1. The number of nitrogens with zero attached hydrogens (tertiary/aromatic N) is 1. The van der Waals surface area contributed by atoms with Crippen molar-refractivity contribution in [3.8, 4) is 0 Å². The smallest absolute Gasteiger partial charge is 0.334 e. The molecule has 2 heterocycles. The van der Waals surface area contributed by atoms with Crippen LogP contribution in [0.25, 0.3) is 0 Å². The maximum Gasteiger partial charge on any atom is 0.334 e. The number of aliphatic carboxylic acids is 1. The lowest BCUT2D eigenvalue weighted by Crippen LogP contribution is -2.32. The first-order valence-electron chi connectivity index (χ1n) is 8.25. The van der Waals surface area contributed by atoms with Crippen LogP contribution in [0.5, 0.6) is 0 Å². The van der Waals surface area contributed by atoms with Crippen molar-refractivity contribution in [3.05, 3.63) is 73.3 Å². The minimum absolute atomic E-state index is 0.0908. The largest absolute Gasteiger partial charge is 0.478 e. The lowest BCUT2D eigenvalue weighted by Gasteiger charge is -2.29. The molecule has 1 aromatic heterocycles. The number of halogens is 2. The van der Waals surface area contributed by atoms with Crippen LogP contribution in [-0.2, 0) is 11.3 Å². The Kier molecular flexibility index (Phi) is 5.12. The van der Waals surface area contributed by atoms with Crippen LogP contribution in [0.4, 0.5) is 5.69 Å². The fourth-order valence-electron chi connectivity index (χ4n) is 3.37. The molecular formula is C19H18Cl2N2O3. The van der Waals surface area contributed by atoms with Gasteiger partial charge in [0, 0.05) is 24.1 Å². The molecule has 0 amide bonds. The Bertz CT molecular complexity index is 979. The van der Waals surface area contributed by atoms with Crippen molar-refractivity contribution in [1.29, 1.82) is 0 Å². The molecule has 0 fully saturated rings. The zero-order valence-corrected chi connectivity index (χ0v) is 15.9. The number of benzene rings is 1. The number of allylic oxidation sites excluding steroid dienone is 1. The van der Waals surface area contributed by atoms with Gasteiger partial charge in [0.2, 0.25) is 0 Å². The summed E-state index contributed by atoms with van der Waals surface area (Å²) in [5.74, 6) is -1.90. The SMILES string of the molecule is CCCn1ccc2c(c1=O)C(c1cccc(Cl)c1Cl)C(C(=O)O)=C(C)N2. The van der Waals surface area contributed by atoms with Crippen LogP contribution in [0, 0.1) is 0 Å². The van der Waals surface area contributed by atoms with Gasteiger partial charge in [-0.1, -0.05) is 42.3 Å². The third-order valence-corrected chi connectivity index (χ3v) is 5.33. The third kappa shape index (κ3) is 3.02. The lowest BCUT2D eigenvalue weighted by atomic mass is 9.81. The summed E-state index contributed by atoms with van der Waals surface area (Å²) >= 11 is 12.5. The molecule has 0 bridgehead atoms. The first-order valence-corrected chi connectivity index (χ1v) is 9.00. The summed E-state index contributed by atoms with van der Waals surface area (Å²) in [6.07, 6.45) is 2.50. The van der Waals surface area contributed by atoms with Gasteiger partial charge in [-0.15, -0.1) is 0 Å². The number of fused-ring (bicyclic) bond motifs is 1. The number of hydrogen-bond donors (Lipinski definition) is 2. The first-order chi connectivity index (χ1) is 12.4. The second kappa shape index (κ2) is 7.17. The molecule has 0 radical (unpaired) electrons. The fourth-order valence-corrected chi connectivity index (χ4v) is 3.78. The van der Waals surface area contributed by atoms with Crippen LogP contribution in [0.3, 0.4) is 0 Å². The Morgan fingerprint density at radius 1 is 1.31 bits per heavy atom. The van der Waals surface area contributed by atoms with E-state index < -0.39 is 11.9 Å². The molecule has 1 unspecified atom stereocenters. The molecule has 0 aliphatic carbocycles. The number of anilines is 1. The van der Waals surface area contributed by atoms with Gasteiger partial charge in [-0.3, -0.25) is 4.79 Å². The molecule has 0 saturated heterocycles. The summed E-state index contributed by atoms with van der Waals surface area (Å²) in [6, 6.07) is 6.83. The van der Waals surface area contributed by atoms with E-state index in [1.807, 2.05) is 6.92 Å². The Balaban J connectivity index is 2.35. The normalized spacial score (nSPS) is 16.2. The summed E-state index contributed by atoms with van der Waals surface area (Å²) in [4.78, 5) is 25.1. The molecule has 136 valence electrons. The first kappa shape index (κ1) is 18.5. The minimum atomic E-state index is -1.10. The van der Waals surface area contributed by atoms with Gasteiger partial charge < -0.3 is 15.0 Å². The highest BCUT2D eigenvalue weighted by Crippen LogP contribution is 2.43. The van der Waals surface area contributed by atoms with Crippen molar-refractivity contribution in [2.45, 2.75) is 32.7 Å². The van der Waals surface area contributed by atoms with Crippen molar-refractivity contribution >= 4 is 34.9 Å². The highest BCUT2D eigenvalue weighted by atomic mass is 35.5. The van der Waals surface area contributed by atoms with Crippen molar-refractivity contribution in [1.82, 2.24) is 4.57 Å². The number of hydrogen-bond acceptors (Lipinski definition) is 3. The van der Waals surface area contributed by atoms with E-state index in [0.29, 0.717) is 34.1 Å². The summed E-state index contributed by atoms with van der Waals surface area (Å²) in [6.45, 7) is 4.20. The van der Waals surface area contributed by atoms with Gasteiger partial charge in [0.25, 0.3) is 5.56 Å². The van der Waals surface area contributed by atoms with Crippen molar-refractivity contribution in [2.75, 3.05) is 5.32 Å². The number of nitrogens with one attached hydrogen (secondary N) is 1. The van der Waals surface area contributed by atoms with Gasteiger partial charge in [-0.2, -0.15) is 0 Å². The fraction of sp³-hybridized carbons (Fsp3) is 0.263. The molecule has 7 heteroatoms. The number of pyridine rings is 1. The average Bonchev–Trinajstić information content (AvgIpc) is 2.58. The molecule has 2 N–H and O–H groups in total. The monoisotopic (exact) mass is 392 g/mol. The highest BCUT2D eigenvalue weighted by Gasteiger charge is 2.36. The molecule has 2 aromatic rings. The Labute approximate surface area is 160 Å².